The van der Waals surface area contributed by atoms with Crippen LogP contribution in [0.3, 0.4) is 0 Å². The Bertz CT molecular complexity index is 223. The molecule has 0 N–H and O–H groups in total. The van der Waals surface area contributed by atoms with Crippen molar-refractivity contribution in [1.82, 2.24) is 4.90 Å². The topological polar surface area (TPSA) is 3.24 Å². The van der Waals surface area contributed by atoms with E-state index in [-0.39, 0.29) is 5.82 Å². The molecule has 0 atom stereocenters. The summed E-state index contributed by atoms with van der Waals surface area (Å²) in [5.41, 5.74) is 0. The van der Waals surface area contributed by atoms with E-state index in [1.807, 2.05) is 19.0 Å². The van der Waals surface area contributed by atoms with Gasteiger partial charge in [0.05, 0.1) is 0 Å². The van der Waals surface area contributed by atoms with Gasteiger partial charge in [-0.05, 0) is 27.1 Å². The smallest absolute Gasteiger partial charge is 0.137 e. The highest BCUT2D eigenvalue weighted by atomic mass is 32.1. The van der Waals surface area contributed by atoms with E-state index in [1.54, 1.807) is 13.0 Å². The standard InChI is InChI=1S/C8H12FNS/c1-6-8(9)4-7(11-6)5-10(2)3/h4H,5H2,1-3H3. The number of nitrogens with zero attached hydrogens (tertiary/aromatic N) is 1. The number of rotatable bonds is 2. The van der Waals surface area contributed by atoms with Crippen molar-refractivity contribution >= 4 is 11.3 Å². The predicted molar refractivity (Wildman–Crippen MR) is 46.4 cm³/mol. The maximum absolute atomic E-state index is 12.8. The maximum atomic E-state index is 12.8. The first-order chi connectivity index (χ1) is 5.09. The molecule has 11 heavy (non-hydrogen) atoms. The molecule has 62 valence electrons. The molecule has 0 aliphatic carbocycles. The molecule has 0 saturated heterocycles. The maximum Gasteiger partial charge on any atom is 0.137 e. The first-order valence-corrected chi connectivity index (χ1v) is 4.31. The number of hydrogen-bond acceptors (Lipinski definition) is 2. The van der Waals surface area contributed by atoms with Gasteiger partial charge in [-0.2, -0.15) is 0 Å². The van der Waals surface area contributed by atoms with Gasteiger partial charge in [0.25, 0.3) is 0 Å². The van der Waals surface area contributed by atoms with Gasteiger partial charge in [-0.1, -0.05) is 0 Å². The molecule has 0 fully saturated rings. The third-order valence-corrected chi connectivity index (χ3v) is 2.39. The molecule has 0 aliphatic rings. The summed E-state index contributed by atoms with van der Waals surface area (Å²) in [7, 11) is 3.96. The normalized spacial score (nSPS) is 11.0. The molecule has 0 unspecified atom stereocenters. The second-order valence-corrected chi connectivity index (χ2v) is 4.20. The van der Waals surface area contributed by atoms with Gasteiger partial charge in [-0.15, -0.1) is 11.3 Å². The highest BCUT2D eigenvalue weighted by molar-refractivity contribution is 7.11. The third kappa shape index (κ3) is 2.27. The first-order valence-electron chi connectivity index (χ1n) is 3.49. The van der Waals surface area contributed by atoms with Gasteiger partial charge in [-0.3, -0.25) is 0 Å². The fraction of sp³-hybridized carbons (Fsp3) is 0.500. The molecule has 0 radical (unpaired) electrons. The number of halogens is 1. The largest absolute Gasteiger partial charge is 0.304 e. The third-order valence-electron chi connectivity index (χ3n) is 1.38. The average molecular weight is 173 g/mol. The van der Waals surface area contributed by atoms with E-state index < -0.39 is 0 Å². The minimum Gasteiger partial charge on any atom is -0.304 e. The van der Waals surface area contributed by atoms with Crippen LogP contribution in [-0.2, 0) is 6.54 Å². The van der Waals surface area contributed by atoms with Crippen molar-refractivity contribution in [3.63, 3.8) is 0 Å². The van der Waals surface area contributed by atoms with Crippen molar-refractivity contribution in [2.24, 2.45) is 0 Å². The minimum atomic E-state index is -0.0770. The zero-order valence-corrected chi connectivity index (χ0v) is 7.83. The Morgan fingerprint density at radius 3 is 2.55 bits per heavy atom. The van der Waals surface area contributed by atoms with Gasteiger partial charge in [0.1, 0.15) is 5.82 Å². The fourth-order valence-corrected chi connectivity index (χ4v) is 1.94. The first kappa shape index (κ1) is 8.68. The molecule has 0 amide bonds. The van der Waals surface area contributed by atoms with Crippen molar-refractivity contribution in [1.29, 1.82) is 0 Å². The van der Waals surface area contributed by atoms with Crippen LogP contribution in [0.15, 0.2) is 6.07 Å². The quantitative estimate of drug-likeness (QED) is 0.663. The summed E-state index contributed by atoms with van der Waals surface area (Å²) in [6, 6.07) is 1.61. The summed E-state index contributed by atoms with van der Waals surface area (Å²) in [4.78, 5) is 3.90. The van der Waals surface area contributed by atoms with Crippen LogP contribution in [0.1, 0.15) is 9.75 Å². The Morgan fingerprint density at radius 1 is 1.55 bits per heavy atom. The second kappa shape index (κ2) is 3.32. The number of aryl methyl sites for hydroxylation is 1. The molecule has 1 rings (SSSR count). The molecule has 1 nitrogen and oxygen atoms in total. The van der Waals surface area contributed by atoms with Gasteiger partial charge in [-0.25, -0.2) is 4.39 Å². The summed E-state index contributed by atoms with van der Waals surface area (Å²) >= 11 is 1.53. The molecule has 0 bridgehead atoms. The zero-order chi connectivity index (χ0) is 8.43. The van der Waals surface area contributed by atoms with Gasteiger partial charge >= 0.3 is 0 Å². The molecule has 0 saturated carbocycles. The van der Waals surface area contributed by atoms with Gasteiger partial charge < -0.3 is 4.90 Å². The van der Waals surface area contributed by atoms with E-state index in [4.69, 9.17) is 0 Å². The highest BCUT2D eigenvalue weighted by Gasteiger charge is 2.04. The van der Waals surface area contributed by atoms with Crippen molar-refractivity contribution in [2.45, 2.75) is 13.5 Å². The average Bonchev–Trinajstić information content (AvgIpc) is 2.10. The highest BCUT2D eigenvalue weighted by Crippen LogP contribution is 2.20. The molecule has 1 aromatic heterocycles. The van der Waals surface area contributed by atoms with Crippen LogP contribution in [-0.4, -0.2) is 19.0 Å². The summed E-state index contributed by atoms with van der Waals surface area (Å²) in [6.45, 7) is 2.63. The Balaban J connectivity index is 2.73. The number of hydrogen-bond donors (Lipinski definition) is 0. The molecule has 0 aromatic carbocycles. The van der Waals surface area contributed by atoms with Crippen LogP contribution in [0.2, 0.25) is 0 Å². The fourth-order valence-electron chi connectivity index (χ4n) is 0.907. The molecule has 1 aromatic rings. The minimum absolute atomic E-state index is 0.0770. The Labute approximate surface area is 70.5 Å². The lowest BCUT2D eigenvalue weighted by Crippen LogP contribution is -2.09. The lowest BCUT2D eigenvalue weighted by Gasteiger charge is -2.05. The molecule has 0 aliphatic heterocycles. The lowest BCUT2D eigenvalue weighted by molar-refractivity contribution is 0.406. The van der Waals surface area contributed by atoms with E-state index in [9.17, 15) is 4.39 Å². The summed E-state index contributed by atoms with van der Waals surface area (Å²) in [5, 5.41) is 0. The Hall–Kier alpha value is -0.410. The van der Waals surface area contributed by atoms with E-state index in [0.717, 1.165) is 16.3 Å². The Kier molecular flexibility index (Phi) is 2.62. The van der Waals surface area contributed by atoms with Crippen molar-refractivity contribution in [3.05, 3.63) is 21.6 Å². The second-order valence-electron chi connectivity index (χ2n) is 2.85. The molecular weight excluding hydrogens is 161 g/mol. The molecule has 0 spiro atoms. The van der Waals surface area contributed by atoms with E-state index in [2.05, 4.69) is 0 Å². The monoisotopic (exact) mass is 173 g/mol. The van der Waals surface area contributed by atoms with Crippen molar-refractivity contribution in [3.8, 4) is 0 Å². The van der Waals surface area contributed by atoms with Crippen LogP contribution in [0.4, 0.5) is 4.39 Å². The SMILES string of the molecule is Cc1sc(CN(C)C)cc1F. The van der Waals surface area contributed by atoms with E-state index >= 15 is 0 Å². The van der Waals surface area contributed by atoms with E-state index in [1.165, 1.54) is 11.3 Å². The number of thiophene rings is 1. The van der Waals surface area contributed by atoms with Gasteiger partial charge in [0.15, 0.2) is 0 Å². The zero-order valence-electron chi connectivity index (χ0n) is 7.02. The predicted octanol–water partition coefficient (Wildman–Crippen LogP) is 2.26. The Morgan fingerprint density at radius 2 is 2.18 bits per heavy atom. The van der Waals surface area contributed by atoms with Crippen LogP contribution in [0, 0.1) is 12.7 Å². The lowest BCUT2D eigenvalue weighted by atomic mass is 10.4. The van der Waals surface area contributed by atoms with Crippen LogP contribution in [0.5, 0.6) is 0 Å². The van der Waals surface area contributed by atoms with Gasteiger partial charge in [0, 0.05) is 16.3 Å². The van der Waals surface area contributed by atoms with E-state index in [0.29, 0.717) is 0 Å². The molecule has 1 heterocycles. The summed E-state index contributed by atoms with van der Waals surface area (Å²) in [6.07, 6.45) is 0. The van der Waals surface area contributed by atoms with Crippen LogP contribution >= 0.6 is 11.3 Å². The molecule has 3 heteroatoms. The van der Waals surface area contributed by atoms with Crippen LogP contribution in [0.25, 0.3) is 0 Å². The van der Waals surface area contributed by atoms with Crippen molar-refractivity contribution < 1.29 is 4.39 Å². The van der Waals surface area contributed by atoms with Crippen LogP contribution < -0.4 is 0 Å². The van der Waals surface area contributed by atoms with Crippen molar-refractivity contribution in [2.75, 3.05) is 14.1 Å². The summed E-state index contributed by atoms with van der Waals surface area (Å²) in [5.74, 6) is -0.0770. The summed E-state index contributed by atoms with van der Waals surface area (Å²) < 4.78 is 12.8. The van der Waals surface area contributed by atoms with Gasteiger partial charge in [0.2, 0.25) is 0 Å². The molecular formula is C8H12FNS.